The van der Waals surface area contributed by atoms with Crippen molar-refractivity contribution >= 4 is 23.4 Å². The Morgan fingerprint density at radius 2 is 1.71 bits per heavy atom. The molecule has 0 radical (unpaired) electrons. The summed E-state index contributed by atoms with van der Waals surface area (Å²) in [6, 6.07) is 5.41. The molecule has 7 heteroatoms. The van der Waals surface area contributed by atoms with E-state index in [1.165, 1.54) is 24.6 Å². The molecule has 3 saturated heterocycles. The summed E-state index contributed by atoms with van der Waals surface area (Å²) in [4.78, 5) is 42.1. The maximum absolute atomic E-state index is 14.1. The number of halogens is 1. The maximum Gasteiger partial charge on any atom is 0.292 e. The van der Waals surface area contributed by atoms with E-state index < -0.39 is 11.9 Å². The minimum absolute atomic E-state index is 0.0247. The zero-order valence-corrected chi connectivity index (χ0v) is 16.0. The molecule has 0 saturated carbocycles. The number of amides is 3. The van der Waals surface area contributed by atoms with Gasteiger partial charge in [-0.3, -0.25) is 14.4 Å². The normalized spacial score (nSPS) is 28.7. The van der Waals surface area contributed by atoms with E-state index in [2.05, 4.69) is 0 Å². The zero-order valence-electron chi connectivity index (χ0n) is 16.0. The van der Waals surface area contributed by atoms with Crippen LogP contribution < -0.4 is 9.80 Å². The third-order valence-corrected chi connectivity index (χ3v) is 6.38. The second-order valence-electron chi connectivity index (χ2n) is 8.09. The summed E-state index contributed by atoms with van der Waals surface area (Å²) in [5.74, 6) is -0.965. The minimum Gasteiger partial charge on any atom is -0.342 e. The quantitative estimate of drug-likeness (QED) is 0.778. The monoisotopic (exact) mass is 388 g/mol. The topological polar surface area (TPSA) is 62.1 Å². The first-order valence-electron chi connectivity index (χ1n) is 10.3. The lowest BCUT2D eigenvalue weighted by atomic mass is 9.93. The Kier molecular flexibility index (Phi) is 5.44. The fourth-order valence-corrected chi connectivity index (χ4v) is 4.79. The second kappa shape index (κ2) is 7.99. The third kappa shape index (κ3) is 3.55. The molecule has 0 spiro atoms. The molecular formula is C21H27FN3O3+. The fraction of sp³-hybridized carbons (Fsp3) is 0.571. The van der Waals surface area contributed by atoms with Gasteiger partial charge < -0.3 is 9.80 Å². The number of imide groups is 1. The van der Waals surface area contributed by atoms with Gasteiger partial charge in [-0.25, -0.2) is 9.29 Å². The van der Waals surface area contributed by atoms with E-state index in [9.17, 15) is 18.8 Å². The number of quaternary nitrogens is 1. The SMILES string of the molecule is O=C(C1CC[NH+]([C@@H]2CC(=O)N(c3ccccc3F)C2=O)CC1)N1CCCCC1. The predicted octanol–water partition coefficient (Wildman–Crippen LogP) is 0.765. The number of nitrogens with one attached hydrogen (secondary N) is 1. The van der Waals surface area contributed by atoms with E-state index in [1.54, 1.807) is 6.07 Å². The van der Waals surface area contributed by atoms with E-state index in [1.807, 2.05) is 4.90 Å². The third-order valence-electron chi connectivity index (χ3n) is 6.38. The average molecular weight is 388 g/mol. The van der Waals surface area contributed by atoms with E-state index in [0.29, 0.717) is 13.1 Å². The molecule has 0 bridgehead atoms. The number of carbonyl (C=O) groups excluding carboxylic acids is 3. The van der Waals surface area contributed by atoms with Gasteiger partial charge in [-0.2, -0.15) is 0 Å². The fourth-order valence-electron chi connectivity index (χ4n) is 4.79. The average Bonchev–Trinajstić information content (AvgIpc) is 3.03. The number of hydrogen-bond acceptors (Lipinski definition) is 3. The van der Waals surface area contributed by atoms with Gasteiger partial charge in [0.1, 0.15) is 5.82 Å². The predicted molar refractivity (Wildman–Crippen MR) is 101 cm³/mol. The van der Waals surface area contributed by atoms with E-state index >= 15 is 0 Å². The highest BCUT2D eigenvalue weighted by Crippen LogP contribution is 2.25. The van der Waals surface area contributed by atoms with Gasteiger partial charge >= 0.3 is 0 Å². The Hall–Kier alpha value is -2.28. The highest BCUT2D eigenvalue weighted by molar-refractivity contribution is 6.21. The van der Waals surface area contributed by atoms with Gasteiger partial charge in [0.2, 0.25) is 11.8 Å². The molecule has 1 atom stereocenters. The number of nitrogens with zero attached hydrogens (tertiary/aromatic N) is 2. The van der Waals surface area contributed by atoms with Gasteiger partial charge in [0.25, 0.3) is 5.91 Å². The van der Waals surface area contributed by atoms with Gasteiger partial charge in [0.05, 0.1) is 25.2 Å². The van der Waals surface area contributed by atoms with Crippen LogP contribution in [-0.2, 0) is 14.4 Å². The van der Waals surface area contributed by atoms with Crippen LogP contribution in [0.15, 0.2) is 24.3 Å². The molecule has 3 amide bonds. The first-order valence-corrected chi connectivity index (χ1v) is 10.3. The van der Waals surface area contributed by atoms with Gasteiger partial charge in [0, 0.05) is 31.8 Å². The molecule has 3 heterocycles. The summed E-state index contributed by atoms with van der Waals surface area (Å²) < 4.78 is 14.1. The van der Waals surface area contributed by atoms with Crippen LogP contribution in [0.3, 0.4) is 0 Å². The van der Waals surface area contributed by atoms with Crippen molar-refractivity contribution in [2.75, 3.05) is 31.1 Å². The van der Waals surface area contributed by atoms with Gasteiger partial charge in [0.15, 0.2) is 6.04 Å². The molecule has 0 aromatic heterocycles. The molecular weight excluding hydrogens is 361 g/mol. The number of benzene rings is 1. The van der Waals surface area contributed by atoms with Crippen LogP contribution in [0.4, 0.5) is 10.1 Å². The molecule has 3 aliphatic heterocycles. The Balaban J connectivity index is 1.38. The smallest absolute Gasteiger partial charge is 0.292 e. The number of para-hydroxylation sites is 1. The molecule has 150 valence electrons. The summed E-state index contributed by atoms with van der Waals surface area (Å²) in [6.07, 6.45) is 4.95. The summed E-state index contributed by atoms with van der Waals surface area (Å²) in [7, 11) is 0. The van der Waals surface area contributed by atoms with Crippen LogP contribution in [0.25, 0.3) is 0 Å². The lowest BCUT2D eigenvalue weighted by Crippen LogP contribution is -3.17. The highest BCUT2D eigenvalue weighted by atomic mass is 19.1. The summed E-state index contributed by atoms with van der Waals surface area (Å²) in [5, 5.41) is 0. The minimum atomic E-state index is -0.564. The van der Waals surface area contributed by atoms with Crippen LogP contribution >= 0.6 is 0 Å². The van der Waals surface area contributed by atoms with E-state index in [-0.39, 0.29) is 35.7 Å². The Bertz CT molecular complexity index is 770. The van der Waals surface area contributed by atoms with Crippen molar-refractivity contribution < 1.29 is 23.7 Å². The number of likely N-dealkylation sites (tertiary alicyclic amines) is 2. The van der Waals surface area contributed by atoms with Crippen LogP contribution in [-0.4, -0.2) is 54.8 Å². The number of anilines is 1. The van der Waals surface area contributed by atoms with Crippen molar-refractivity contribution in [1.82, 2.24) is 4.90 Å². The van der Waals surface area contributed by atoms with Crippen LogP contribution in [0.1, 0.15) is 38.5 Å². The van der Waals surface area contributed by atoms with Gasteiger partial charge in [-0.05, 0) is 31.4 Å². The molecule has 4 rings (SSSR count). The summed E-state index contributed by atoms with van der Waals surface area (Å²) >= 11 is 0. The Morgan fingerprint density at radius 1 is 1.04 bits per heavy atom. The molecule has 1 aromatic carbocycles. The number of hydrogen-bond donors (Lipinski definition) is 1. The van der Waals surface area contributed by atoms with Crippen LogP contribution in [0.2, 0.25) is 0 Å². The lowest BCUT2D eigenvalue weighted by Gasteiger charge is -2.35. The van der Waals surface area contributed by atoms with Crippen molar-refractivity contribution in [3.63, 3.8) is 0 Å². The molecule has 1 N–H and O–H groups in total. The van der Waals surface area contributed by atoms with Crippen LogP contribution in [0, 0.1) is 11.7 Å². The van der Waals surface area contributed by atoms with Crippen molar-refractivity contribution in [2.45, 2.75) is 44.6 Å². The molecule has 1 aromatic rings. The van der Waals surface area contributed by atoms with Crippen molar-refractivity contribution in [3.8, 4) is 0 Å². The first-order chi connectivity index (χ1) is 13.6. The lowest BCUT2D eigenvalue weighted by molar-refractivity contribution is -0.920. The summed E-state index contributed by atoms with van der Waals surface area (Å²) in [6.45, 7) is 3.11. The second-order valence-corrected chi connectivity index (χ2v) is 8.09. The van der Waals surface area contributed by atoms with Crippen molar-refractivity contribution in [2.24, 2.45) is 5.92 Å². The van der Waals surface area contributed by atoms with Gasteiger partial charge in [-0.1, -0.05) is 12.1 Å². The molecule has 0 unspecified atom stereocenters. The molecule has 28 heavy (non-hydrogen) atoms. The number of piperidine rings is 2. The largest absolute Gasteiger partial charge is 0.342 e. The molecule has 0 aliphatic carbocycles. The van der Waals surface area contributed by atoms with E-state index in [4.69, 9.17) is 0 Å². The maximum atomic E-state index is 14.1. The standard InChI is InChI=1S/C21H26FN3O3/c22-16-6-2-3-7-17(16)25-19(26)14-18(21(25)28)23-12-8-15(9-13-23)20(27)24-10-4-1-5-11-24/h2-3,6-7,15,18H,1,4-5,8-14H2/p+1/t18-/m1/s1. The highest BCUT2D eigenvalue weighted by Gasteiger charge is 2.47. The zero-order chi connectivity index (χ0) is 19.7. The molecule has 3 fully saturated rings. The van der Waals surface area contributed by atoms with Crippen molar-refractivity contribution in [1.29, 1.82) is 0 Å². The first kappa shape index (κ1) is 19.1. The number of rotatable bonds is 3. The summed E-state index contributed by atoms with van der Waals surface area (Å²) in [5.41, 5.74) is 0.0366. The molecule has 6 nitrogen and oxygen atoms in total. The Labute approximate surface area is 164 Å². The van der Waals surface area contributed by atoms with E-state index in [0.717, 1.165) is 48.6 Å². The Morgan fingerprint density at radius 3 is 2.39 bits per heavy atom. The van der Waals surface area contributed by atoms with Gasteiger partial charge in [-0.15, -0.1) is 0 Å². The van der Waals surface area contributed by atoms with Crippen LogP contribution in [0.5, 0.6) is 0 Å². The van der Waals surface area contributed by atoms with Crippen molar-refractivity contribution in [3.05, 3.63) is 30.1 Å². The molecule has 3 aliphatic rings. The number of carbonyl (C=O) groups is 3.